The first-order valence-electron chi connectivity index (χ1n) is 5.97. The van der Waals surface area contributed by atoms with Crippen LogP contribution in [0.25, 0.3) is 0 Å². The third-order valence-electron chi connectivity index (χ3n) is 2.97. The Bertz CT molecular complexity index is 323. The Morgan fingerprint density at radius 3 is 2.44 bits per heavy atom. The maximum absolute atomic E-state index is 11.7. The van der Waals surface area contributed by atoms with Gasteiger partial charge < -0.3 is 0 Å². The Labute approximate surface area is 99.4 Å². The van der Waals surface area contributed by atoms with Gasteiger partial charge in [-0.2, -0.15) is 13.1 Å². The quantitative estimate of drug-likeness (QED) is 0.777. The van der Waals surface area contributed by atoms with E-state index in [9.17, 15) is 8.42 Å². The van der Waals surface area contributed by atoms with Gasteiger partial charge in [0.15, 0.2) is 0 Å². The third-order valence-corrected chi connectivity index (χ3v) is 4.16. The van der Waals surface area contributed by atoms with Crippen molar-refractivity contribution < 1.29 is 8.42 Å². The van der Waals surface area contributed by atoms with Crippen LogP contribution in [0.4, 0.5) is 0 Å². The van der Waals surface area contributed by atoms with Gasteiger partial charge in [-0.1, -0.05) is 27.7 Å². The molecule has 1 saturated carbocycles. The summed E-state index contributed by atoms with van der Waals surface area (Å²) in [5, 5.41) is 0. The summed E-state index contributed by atoms with van der Waals surface area (Å²) in [5.41, 5.74) is 0.269. The summed E-state index contributed by atoms with van der Waals surface area (Å²) in [5.74, 6) is 0.330. The maximum Gasteiger partial charge on any atom is 0.277 e. The van der Waals surface area contributed by atoms with E-state index in [0.29, 0.717) is 12.5 Å². The predicted molar refractivity (Wildman–Crippen MR) is 66.3 cm³/mol. The number of rotatable bonds is 5. The summed E-state index contributed by atoms with van der Waals surface area (Å²) in [6.45, 7) is 8.83. The van der Waals surface area contributed by atoms with Crippen molar-refractivity contribution in [2.75, 3.05) is 6.54 Å². The minimum Gasteiger partial charge on any atom is -0.202 e. The second-order valence-corrected chi connectivity index (χ2v) is 7.50. The van der Waals surface area contributed by atoms with Gasteiger partial charge in [0.2, 0.25) is 0 Å². The van der Waals surface area contributed by atoms with Crippen molar-refractivity contribution in [3.63, 3.8) is 0 Å². The van der Waals surface area contributed by atoms with E-state index in [4.69, 9.17) is 0 Å². The van der Waals surface area contributed by atoms with E-state index >= 15 is 0 Å². The molecule has 0 heterocycles. The van der Waals surface area contributed by atoms with Crippen molar-refractivity contribution in [2.45, 2.75) is 53.0 Å². The van der Waals surface area contributed by atoms with Crippen LogP contribution in [0.3, 0.4) is 0 Å². The zero-order chi connectivity index (χ0) is 12.4. The summed E-state index contributed by atoms with van der Waals surface area (Å²) in [6.07, 6.45) is 2.95. The van der Waals surface area contributed by atoms with Crippen LogP contribution in [0.5, 0.6) is 0 Å². The lowest BCUT2D eigenvalue weighted by atomic mass is 9.92. The summed E-state index contributed by atoms with van der Waals surface area (Å²) in [4.78, 5) is 0. The van der Waals surface area contributed by atoms with Crippen molar-refractivity contribution in [2.24, 2.45) is 11.3 Å². The lowest BCUT2D eigenvalue weighted by Crippen LogP contribution is -2.43. The number of hydrogen-bond donors (Lipinski definition) is 2. The molecule has 0 radical (unpaired) electrons. The molecule has 0 amide bonds. The van der Waals surface area contributed by atoms with Gasteiger partial charge >= 0.3 is 0 Å². The molecule has 2 N–H and O–H groups in total. The lowest BCUT2D eigenvalue weighted by molar-refractivity contribution is 0.372. The van der Waals surface area contributed by atoms with Crippen molar-refractivity contribution in [1.82, 2.24) is 9.44 Å². The van der Waals surface area contributed by atoms with Crippen molar-refractivity contribution >= 4 is 10.2 Å². The lowest BCUT2D eigenvalue weighted by Gasteiger charge is -2.18. The molecule has 1 aliphatic rings. The molecule has 96 valence electrons. The van der Waals surface area contributed by atoms with Crippen LogP contribution in [0.1, 0.15) is 47.0 Å². The smallest absolute Gasteiger partial charge is 0.202 e. The molecule has 4 nitrogen and oxygen atoms in total. The molecule has 1 atom stereocenters. The van der Waals surface area contributed by atoms with E-state index in [1.54, 1.807) is 0 Å². The first-order chi connectivity index (χ1) is 7.20. The molecule has 16 heavy (non-hydrogen) atoms. The second-order valence-electron chi connectivity index (χ2n) is 5.97. The Morgan fingerprint density at radius 2 is 2.00 bits per heavy atom. The Hall–Kier alpha value is -0.130. The minimum atomic E-state index is -3.31. The van der Waals surface area contributed by atoms with E-state index in [0.717, 1.165) is 19.3 Å². The Kier molecular flexibility index (Phi) is 4.37. The molecule has 1 rings (SSSR count). The van der Waals surface area contributed by atoms with Crippen LogP contribution >= 0.6 is 0 Å². The van der Waals surface area contributed by atoms with Crippen LogP contribution in [-0.4, -0.2) is 21.0 Å². The first kappa shape index (κ1) is 13.9. The summed E-state index contributed by atoms with van der Waals surface area (Å²) in [6, 6.07) is 0.0969. The SMILES string of the molecule is CC(C)CNS(=O)(=O)NC1CCC(C)(C)C1. The minimum absolute atomic E-state index is 0.0969. The van der Waals surface area contributed by atoms with Crippen LogP contribution in [0.15, 0.2) is 0 Å². The van der Waals surface area contributed by atoms with Gasteiger partial charge in [-0.25, -0.2) is 4.72 Å². The molecule has 0 aromatic carbocycles. The standard InChI is InChI=1S/C11H24N2O2S/c1-9(2)8-12-16(14,15)13-10-5-6-11(3,4)7-10/h9-10,12-13H,5-8H2,1-4H3. The largest absolute Gasteiger partial charge is 0.277 e. The highest BCUT2D eigenvalue weighted by Crippen LogP contribution is 2.36. The molecule has 0 aromatic heterocycles. The van der Waals surface area contributed by atoms with E-state index in [1.807, 2.05) is 13.8 Å². The highest BCUT2D eigenvalue weighted by molar-refractivity contribution is 7.87. The van der Waals surface area contributed by atoms with Gasteiger partial charge in [0.25, 0.3) is 10.2 Å². The third kappa shape index (κ3) is 4.80. The molecule has 5 heteroatoms. The van der Waals surface area contributed by atoms with E-state index in [2.05, 4.69) is 23.3 Å². The van der Waals surface area contributed by atoms with Crippen LogP contribution in [0, 0.1) is 11.3 Å². The van der Waals surface area contributed by atoms with Gasteiger partial charge in [0.1, 0.15) is 0 Å². The topological polar surface area (TPSA) is 58.2 Å². The Morgan fingerprint density at radius 1 is 1.38 bits per heavy atom. The van der Waals surface area contributed by atoms with Gasteiger partial charge in [-0.05, 0) is 30.6 Å². The Balaban J connectivity index is 2.42. The summed E-state index contributed by atoms with van der Waals surface area (Å²) in [7, 11) is -3.31. The summed E-state index contributed by atoms with van der Waals surface area (Å²) >= 11 is 0. The van der Waals surface area contributed by atoms with E-state index < -0.39 is 10.2 Å². The highest BCUT2D eigenvalue weighted by atomic mass is 32.2. The van der Waals surface area contributed by atoms with E-state index in [-0.39, 0.29) is 11.5 Å². The molecule has 1 unspecified atom stereocenters. The predicted octanol–water partition coefficient (Wildman–Crippen LogP) is 1.65. The van der Waals surface area contributed by atoms with E-state index in [1.165, 1.54) is 0 Å². The molecule has 0 bridgehead atoms. The van der Waals surface area contributed by atoms with Crippen LogP contribution in [-0.2, 0) is 10.2 Å². The molecule has 0 aromatic rings. The van der Waals surface area contributed by atoms with Crippen molar-refractivity contribution in [3.05, 3.63) is 0 Å². The zero-order valence-electron chi connectivity index (χ0n) is 10.7. The fourth-order valence-electron chi connectivity index (χ4n) is 2.07. The normalized spacial score (nSPS) is 25.2. The monoisotopic (exact) mass is 248 g/mol. The number of nitrogens with one attached hydrogen (secondary N) is 2. The number of hydrogen-bond acceptors (Lipinski definition) is 2. The molecular formula is C11H24N2O2S. The van der Waals surface area contributed by atoms with Crippen molar-refractivity contribution in [3.8, 4) is 0 Å². The maximum atomic E-state index is 11.7. The molecule has 1 fully saturated rings. The van der Waals surface area contributed by atoms with Crippen molar-refractivity contribution in [1.29, 1.82) is 0 Å². The molecule has 0 spiro atoms. The van der Waals surface area contributed by atoms with Gasteiger partial charge in [-0.3, -0.25) is 0 Å². The van der Waals surface area contributed by atoms with Crippen LogP contribution in [0.2, 0.25) is 0 Å². The van der Waals surface area contributed by atoms with Gasteiger partial charge in [-0.15, -0.1) is 0 Å². The molecular weight excluding hydrogens is 224 g/mol. The fraction of sp³-hybridized carbons (Fsp3) is 1.00. The summed E-state index contributed by atoms with van der Waals surface area (Å²) < 4.78 is 28.7. The van der Waals surface area contributed by atoms with Crippen LogP contribution < -0.4 is 9.44 Å². The molecule has 0 aliphatic heterocycles. The molecule has 1 aliphatic carbocycles. The van der Waals surface area contributed by atoms with Gasteiger partial charge in [0, 0.05) is 12.6 Å². The first-order valence-corrected chi connectivity index (χ1v) is 7.45. The average Bonchev–Trinajstić information content (AvgIpc) is 2.41. The highest BCUT2D eigenvalue weighted by Gasteiger charge is 2.32. The second kappa shape index (κ2) is 5.02. The molecule has 0 saturated heterocycles. The fourth-order valence-corrected chi connectivity index (χ4v) is 3.35. The van der Waals surface area contributed by atoms with Gasteiger partial charge in [0.05, 0.1) is 0 Å². The average molecular weight is 248 g/mol. The zero-order valence-corrected chi connectivity index (χ0v) is 11.5.